The topological polar surface area (TPSA) is 110 Å². The quantitative estimate of drug-likeness (QED) is 0.654. The lowest BCUT2D eigenvalue weighted by molar-refractivity contribution is -0.139. The Hall–Kier alpha value is -2.77. The Morgan fingerprint density at radius 1 is 1.53 bits per heavy atom. The molecule has 0 fully saturated rings. The van der Waals surface area contributed by atoms with Crippen molar-refractivity contribution in [2.75, 3.05) is 7.11 Å². The van der Waals surface area contributed by atoms with Crippen LogP contribution in [0.2, 0.25) is 0 Å². The van der Waals surface area contributed by atoms with Crippen molar-refractivity contribution in [2.45, 2.75) is 6.42 Å². The van der Waals surface area contributed by atoms with Gasteiger partial charge >= 0.3 is 11.9 Å². The minimum absolute atomic E-state index is 0.0274. The molecule has 0 amide bonds. The molecule has 0 spiro atoms. The summed E-state index contributed by atoms with van der Waals surface area (Å²) < 4.78 is 5.80. The first kappa shape index (κ1) is 12.7. The van der Waals surface area contributed by atoms with Gasteiger partial charge in [-0.1, -0.05) is 0 Å². The third-order valence-corrected chi connectivity index (χ3v) is 2.54. The molecule has 1 N–H and O–H groups in total. The minimum Gasteiger partial charge on any atom is -0.478 e. The molecule has 2 aromatic rings. The molecule has 0 aliphatic rings. The van der Waals surface area contributed by atoms with Gasteiger partial charge in [0.25, 0.3) is 0 Å². The number of imidazole rings is 1. The number of aromatic nitrogens is 2. The summed E-state index contributed by atoms with van der Waals surface area (Å²) in [7, 11) is 1.22. The van der Waals surface area contributed by atoms with Crippen molar-refractivity contribution in [3.63, 3.8) is 0 Å². The molecule has 0 aliphatic carbocycles. The van der Waals surface area contributed by atoms with Crippen LogP contribution in [-0.4, -0.2) is 33.5 Å². The predicted octanol–water partition coefficient (Wildman–Crippen LogP) is 1.15. The molecule has 0 bridgehead atoms. The monoisotopic (exact) mass is 263 g/mol. The summed E-state index contributed by atoms with van der Waals surface area (Å²) in [5.41, 5.74) is 0.400. The number of esters is 1. The highest BCUT2D eigenvalue weighted by atomic mass is 16.5. The molecular weight excluding hydrogens is 254 g/mol. The van der Waals surface area contributed by atoms with Gasteiger partial charge in [-0.25, -0.2) is 9.78 Å². The van der Waals surface area contributed by atoms with E-state index >= 15 is 0 Å². The number of fused-ring (bicyclic) bond motifs is 1. The summed E-state index contributed by atoms with van der Waals surface area (Å²) >= 11 is 0. The number of hydrogen-bond donors (Lipinski definition) is 1. The first-order chi connectivity index (χ1) is 9.06. The Bertz CT molecular complexity index is 676. The number of carbonyl (C=O) groups excluding carboxylic acids is 1. The molecule has 0 saturated heterocycles. The van der Waals surface area contributed by atoms with Crippen LogP contribution in [0, 0.1) is 4.91 Å². The molecule has 8 heteroatoms. The second-order valence-electron chi connectivity index (χ2n) is 3.68. The Balaban J connectivity index is 2.56. The maximum absolute atomic E-state index is 11.2. The number of nitrogens with zero attached hydrogens (tertiary/aromatic N) is 3. The Labute approximate surface area is 106 Å². The maximum atomic E-state index is 11.2. The van der Waals surface area contributed by atoms with Gasteiger partial charge in [0.2, 0.25) is 5.82 Å². The molecule has 8 nitrogen and oxygen atoms in total. The standard InChI is InChI=1S/C11H9N3O5/c1-19-9(15)5-7-10(13-18)14-3-2-6(11(16)17)4-8(14)12-7/h2-4H,5H2,1H3,(H,16,17). The number of ether oxygens (including phenoxy) is 1. The molecular formula is C11H9N3O5. The van der Waals surface area contributed by atoms with Crippen LogP contribution in [0.1, 0.15) is 16.1 Å². The van der Waals surface area contributed by atoms with E-state index in [1.165, 1.54) is 29.8 Å². The molecule has 19 heavy (non-hydrogen) atoms. The highest BCUT2D eigenvalue weighted by Crippen LogP contribution is 2.22. The smallest absolute Gasteiger partial charge is 0.335 e. The summed E-state index contributed by atoms with van der Waals surface area (Å²) in [6.07, 6.45) is 1.16. The fourth-order valence-electron chi connectivity index (χ4n) is 1.64. The van der Waals surface area contributed by atoms with Gasteiger partial charge < -0.3 is 9.84 Å². The van der Waals surface area contributed by atoms with Crippen LogP contribution in [-0.2, 0) is 16.0 Å². The first-order valence-corrected chi connectivity index (χ1v) is 5.21. The number of carboxylic acids is 1. The van der Waals surface area contributed by atoms with Gasteiger partial charge in [0.05, 0.1) is 19.1 Å². The summed E-state index contributed by atoms with van der Waals surface area (Å²) in [4.78, 5) is 36.9. The van der Waals surface area contributed by atoms with E-state index < -0.39 is 11.9 Å². The van der Waals surface area contributed by atoms with Crippen LogP contribution in [0.4, 0.5) is 5.82 Å². The van der Waals surface area contributed by atoms with E-state index in [1.807, 2.05) is 0 Å². The van der Waals surface area contributed by atoms with Crippen molar-refractivity contribution in [2.24, 2.45) is 5.18 Å². The van der Waals surface area contributed by atoms with Gasteiger partial charge in [-0.15, -0.1) is 4.91 Å². The van der Waals surface area contributed by atoms with Crippen molar-refractivity contribution in [1.29, 1.82) is 0 Å². The molecule has 0 saturated carbocycles. The molecule has 0 radical (unpaired) electrons. The number of aromatic carboxylic acids is 1. The van der Waals surface area contributed by atoms with Crippen molar-refractivity contribution >= 4 is 23.4 Å². The van der Waals surface area contributed by atoms with E-state index in [0.717, 1.165) is 0 Å². The van der Waals surface area contributed by atoms with Gasteiger partial charge in [-0.05, 0) is 17.3 Å². The first-order valence-electron chi connectivity index (χ1n) is 5.21. The molecule has 2 rings (SSSR count). The van der Waals surface area contributed by atoms with Crippen LogP contribution < -0.4 is 0 Å². The average molecular weight is 263 g/mol. The maximum Gasteiger partial charge on any atom is 0.335 e. The zero-order valence-corrected chi connectivity index (χ0v) is 9.86. The van der Waals surface area contributed by atoms with Crippen molar-refractivity contribution in [1.82, 2.24) is 9.38 Å². The van der Waals surface area contributed by atoms with E-state index in [2.05, 4.69) is 14.9 Å². The highest BCUT2D eigenvalue weighted by molar-refractivity contribution is 5.89. The van der Waals surface area contributed by atoms with Crippen LogP contribution in [0.3, 0.4) is 0 Å². The normalized spacial score (nSPS) is 10.4. The second kappa shape index (κ2) is 4.84. The van der Waals surface area contributed by atoms with Gasteiger partial charge in [-0.2, -0.15) is 0 Å². The third kappa shape index (κ3) is 2.28. The molecule has 98 valence electrons. The number of rotatable bonds is 4. The van der Waals surface area contributed by atoms with Gasteiger partial charge in [-0.3, -0.25) is 9.20 Å². The molecule has 0 atom stereocenters. The van der Waals surface area contributed by atoms with Crippen LogP contribution >= 0.6 is 0 Å². The third-order valence-electron chi connectivity index (χ3n) is 2.54. The van der Waals surface area contributed by atoms with E-state index in [9.17, 15) is 14.5 Å². The summed E-state index contributed by atoms with van der Waals surface area (Å²) in [6.45, 7) is 0. The Morgan fingerprint density at radius 2 is 2.26 bits per heavy atom. The number of carbonyl (C=O) groups is 2. The van der Waals surface area contributed by atoms with E-state index in [0.29, 0.717) is 0 Å². The zero-order chi connectivity index (χ0) is 14.0. The molecule has 2 heterocycles. The van der Waals surface area contributed by atoms with Gasteiger partial charge in [0.1, 0.15) is 11.3 Å². The van der Waals surface area contributed by atoms with Crippen LogP contribution in [0.5, 0.6) is 0 Å². The summed E-state index contributed by atoms with van der Waals surface area (Å²) in [5, 5.41) is 11.7. The number of nitroso groups, excluding NO2 is 1. The van der Waals surface area contributed by atoms with Gasteiger partial charge in [0, 0.05) is 6.20 Å². The largest absolute Gasteiger partial charge is 0.478 e. The fourth-order valence-corrected chi connectivity index (χ4v) is 1.64. The SMILES string of the molecule is COC(=O)Cc1nc2cc(C(=O)O)ccn2c1N=O. The molecule has 0 aliphatic heterocycles. The van der Waals surface area contributed by atoms with Crippen molar-refractivity contribution in [3.05, 3.63) is 34.5 Å². The minimum atomic E-state index is -1.11. The van der Waals surface area contributed by atoms with Crippen LogP contribution in [0.25, 0.3) is 5.65 Å². The second-order valence-corrected chi connectivity index (χ2v) is 3.68. The summed E-state index contributed by atoms with van der Waals surface area (Å²) in [6, 6.07) is 2.60. The lowest BCUT2D eigenvalue weighted by Gasteiger charge is -1.97. The van der Waals surface area contributed by atoms with E-state index in [4.69, 9.17) is 5.11 Å². The van der Waals surface area contributed by atoms with Gasteiger partial charge in [0.15, 0.2) is 0 Å². The lowest BCUT2D eigenvalue weighted by atomic mass is 10.3. The molecule has 0 aromatic carbocycles. The highest BCUT2D eigenvalue weighted by Gasteiger charge is 2.17. The van der Waals surface area contributed by atoms with E-state index in [1.54, 1.807) is 0 Å². The van der Waals surface area contributed by atoms with Crippen molar-refractivity contribution in [3.8, 4) is 0 Å². The molecule has 0 unspecified atom stereocenters. The number of methoxy groups -OCH3 is 1. The number of hydrogen-bond acceptors (Lipinski definition) is 6. The van der Waals surface area contributed by atoms with E-state index in [-0.39, 0.29) is 29.1 Å². The Kier molecular flexibility index (Phi) is 3.23. The predicted molar refractivity (Wildman–Crippen MR) is 63.3 cm³/mol. The molecule has 2 aromatic heterocycles. The number of pyridine rings is 1. The van der Waals surface area contributed by atoms with Crippen molar-refractivity contribution < 1.29 is 19.4 Å². The fraction of sp³-hybridized carbons (Fsp3) is 0.182. The zero-order valence-electron chi connectivity index (χ0n) is 9.86. The Morgan fingerprint density at radius 3 is 2.84 bits per heavy atom. The average Bonchev–Trinajstić information content (AvgIpc) is 2.74. The summed E-state index contributed by atoms with van der Waals surface area (Å²) in [5.74, 6) is -1.72. The lowest BCUT2D eigenvalue weighted by Crippen LogP contribution is -2.04. The van der Waals surface area contributed by atoms with Crippen LogP contribution in [0.15, 0.2) is 23.5 Å². The number of carboxylic acid groups (broad SMARTS) is 1.